The maximum atomic E-state index is 11.7. The van der Waals surface area contributed by atoms with Gasteiger partial charge in [0.1, 0.15) is 0 Å². The van der Waals surface area contributed by atoms with Crippen molar-refractivity contribution in [1.82, 2.24) is 0 Å². The van der Waals surface area contributed by atoms with Gasteiger partial charge in [0.05, 0.1) is 17.7 Å². The minimum absolute atomic E-state index is 0.336. The lowest BCUT2D eigenvalue weighted by Gasteiger charge is -2.13. The first-order chi connectivity index (χ1) is 9.92. The highest BCUT2D eigenvalue weighted by Gasteiger charge is 2.13. The third-order valence-electron chi connectivity index (χ3n) is 3.00. The highest BCUT2D eigenvalue weighted by atomic mass is 79.9. The summed E-state index contributed by atoms with van der Waals surface area (Å²) in [6, 6.07) is 9.02. The third kappa shape index (κ3) is 3.49. The SMILES string of the molecule is COC(=O)c1cc(Nc2ccc(Br)c(Cl)c2)cc(C)c1N. The van der Waals surface area contributed by atoms with Crippen molar-refractivity contribution in [3.63, 3.8) is 0 Å². The van der Waals surface area contributed by atoms with Crippen LogP contribution in [0.4, 0.5) is 17.1 Å². The highest BCUT2D eigenvalue weighted by molar-refractivity contribution is 9.10. The van der Waals surface area contributed by atoms with Gasteiger partial charge in [-0.1, -0.05) is 11.6 Å². The first kappa shape index (κ1) is 15.7. The average molecular weight is 370 g/mol. The summed E-state index contributed by atoms with van der Waals surface area (Å²) in [5.41, 5.74) is 9.00. The summed E-state index contributed by atoms with van der Waals surface area (Å²) < 4.78 is 5.56. The lowest BCUT2D eigenvalue weighted by atomic mass is 10.1. The summed E-state index contributed by atoms with van der Waals surface area (Å²) in [6.45, 7) is 1.83. The number of hydrogen-bond donors (Lipinski definition) is 2. The predicted octanol–water partition coefficient (Wildman–Crippen LogP) is 4.52. The predicted molar refractivity (Wildman–Crippen MR) is 89.4 cm³/mol. The van der Waals surface area contributed by atoms with Crippen molar-refractivity contribution in [2.45, 2.75) is 6.92 Å². The average Bonchev–Trinajstić information content (AvgIpc) is 2.45. The molecule has 2 aromatic rings. The Morgan fingerprint density at radius 3 is 2.62 bits per heavy atom. The molecule has 0 aliphatic heterocycles. The molecule has 0 aliphatic rings. The molecule has 0 saturated heterocycles. The fourth-order valence-electron chi connectivity index (χ4n) is 1.89. The van der Waals surface area contributed by atoms with Crippen LogP contribution in [-0.4, -0.2) is 13.1 Å². The van der Waals surface area contributed by atoms with Gasteiger partial charge in [0, 0.05) is 21.5 Å². The Morgan fingerprint density at radius 2 is 2.00 bits per heavy atom. The Morgan fingerprint density at radius 1 is 1.29 bits per heavy atom. The maximum Gasteiger partial charge on any atom is 0.340 e. The van der Waals surface area contributed by atoms with E-state index in [9.17, 15) is 4.79 Å². The summed E-state index contributed by atoms with van der Waals surface area (Å²) in [5.74, 6) is -0.465. The highest BCUT2D eigenvalue weighted by Crippen LogP contribution is 2.29. The topological polar surface area (TPSA) is 64.3 Å². The minimum atomic E-state index is -0.465. The Labute approximate surface area is 136 Å². The summed E-state index contributed by atoms with van der Waals surface area (Å²) in [4.78, 5) is 11.7. The summed E-state index contributed by atoms with van der Waals surface area (Å²) in [6.07, 6.45) is 0. The van der Waals surface area contributed by atoms with Crippen LogP contribution in [0, 0.1) is 6.92 Å². The van der Waals surface area contributed by atoms with Gasteiger partial charge in [-0.05, 0) is 58.7 Å². The van der Waals surface area contributed by atoms with Crippen molar-refractivity contribution in [2.75, 3.05) is 18.2 Å². The van der Waals surface area contributed by atoms with Gasteiger partial charge in [-0.2, -0.15) is 0 Å². The molecule has 0 aliphatic carbocycles. The lowest BCUT2D eigenvalue weighted by molar-refractivity contribution is 0.0602. The van der Waals surface area contributed by atoms with Crippen LogP contribution >= 0.6 is 27.5 Å². The molecule has 0 radical (unpaired) electrons. The zero-order chi connectivity index (χ0) is 15.6. The van der Waals surface area contributed by atoms with Crippen LogP contribution < -0.4 is 11.1 Å². The normalized spacial score (nSPS) is 10.3. The van der Waals surface area contributed by atoms with Crippen molar-refractivity contribution in [2.24, 2.45) is 0 Å². The van der Waals surface area contributed by atoms with Crippen molar-refractivity contribution >= 4 is 50.6 Å². The molecule has 0 aromatic heterocycles. The van der Waals surface area contributed by atoms with E-state index in [0.29, 0.717) is 16.3 Å². The number of aryl methyl sites for hydroxylation is 1. The van der Waals surface area contributed by atoms with E-state index in [0.717, 1.165) is 21.4 Å². The molecule has 0 fully saturated rings. The van der Waals surface area contributed by atoms with Gasteiger partial charge in [0.25, 0.3) is 0 Å². The monoisotopic (exact) mass is 368 g/mol. The van der Waals surface area contributed by atoms with Gasteiger partial charge in [-0.3, -0.25) is 0 Å². The van der Waals surface area contributed by atoms with Gasteiger partial charge in [0.2, 0.25) is 0 Å². The van der Waals surface area contributed by atoms with E-state index in [1.807, 2.05) is 25.1 Å². The number of carbonyl (C=O) groups excluding carboxylic acids is 1. The molecule has 2 rings (SSSR count). The van der Waals surface area contributed by atoms with E-state index in [1.54, 1.807) is 12.1 Å². The van der Waals surface area contributed by atoms with E-state index < -0.39 is 5.97 Å². The molecule has 2 aromatic carbocycles. The van der Waals surface area contributed by atoms with Gasteiger partial charge in [0.15, 0.2) is 0 Å². The van der Waals surface area contributed by atoms with Crippen molar-refractivity contribution in [3.05, 3.63) is 51.0 Å². The Balaban J connectivity index is 2.38. The molecule has 0 bridgehead atoms. The molecule has 21 heavy (non-hydrogen) atoms. The molecule has 0 amide bonds. The number of anilines is 3. The molecule has 0 saturated carbocycles. The fourth-order valence-corrected chi connectivity index (χ4v) is 2.32. The lowest BCUT2D eigenvalue weighted by Crippen LogP contribution is -2.08. The van der Waals surface area contributed by atoms with Crippen molar-refractivity contribution in [3.8, 4) is 0 Å². The van der Waals surface area contributed by atoms with Crippen LogP contribution in [0.1, 0.15) is 15.9 Å². The molecular formula is C15H14BrClN2O2. The molecule has 0 atom stereocenters. The van der Waals surface area contributed by atoms with E-state index in [1.165, 1.54) is 7.11 Å². The summed E-state index contributed by atoms with van der Waals surface area (Å²) >= 11 is 9.40. The summed E-state index contributed by atoms with van der Waals surface area (Å²) in [5, 5.41) is 3.79. The number of hydrogen-bond acceptors (Lipinski definition) is 4. The van der Waals surface area contributed by atoms with Crippen LogP contribution in [0.3, 0.4) is 0 Å². The molecule has 0 spiro atoms. The third-order valence-corrected chi connectivity index (χ3v) is 4.23. The number of carbonyl (C=O) groups is 1. The first-order valence-electron chi connectivity index (χ1n) is 6.13. The molecule has 110 valence electrons. The van der Waals surface area contributed by atoms with Crippen molar-refractivity contribution in [1.29, 1.82) is 0 Å². The van der Waals surface area contributed by atoms with Gasteiger partial charge in [-0.15, -0.1) is 0 Å². The standard InChI is InChI=1S/C15H14BrClN2O2/c1-8-5-10(6-11(14(8)18)15(20)21-2)19-9-3-4-12(16)13(17)7-9/h3-7,19H,18H2,1-2H3. The van der Waals surface area contributed by atoms with Crippen LogP contribution in [-0.2, 0) is 4.74 Å². The molecule has 0 unspecified atom stereocenters. The van der Waals surface area contributed by atoms with Crippen LogP contribution in [0.5, 0.6) is 0 Å². The molecule has 3 N–H and O–H groups in total. The number of nitrogens with two attached hydrogens (primary N) is 1. The molecule has 4 nitrogen and oxygen atoms in total. The number of halogens is 2. The number of benzene rings is 2. The second-order valence-electron chi connectivity index (χ2n) is 4.50. The smallest absolute Gasteiger partial charge is 0.340 e. The van der Waals surface area contributed by atoms with Crippen LogP contribution in [0.2, 0.25) is 5.02 Å². The number of ether oxygens (including phenoxy) is 1. The number of nitrogen functional groups attached to an aromatic ring is 1. The van der Waals surface area contributed by atoms with Gasteiger partial charge >= 0.3 is 5.97 Å². The van der Waals surface area contributed by atoms with E-state index in [4.69, 9.17) is 22.1 Å². The van der Waals surface area contributed by atoms with Crippen LogP contribution in [0.15, 0.2) is 34.8 Å². The van der Waals surface area contributed by atoms with Gasteiger partial charge < -0.3 is 15.8 Å². The zero-order valence-electron chi connectivity index (χ0n) is 11.5. The second-order valence-corrected chi connectivity index (χ2v) is 5.76. The second kappa shape index (κ2) is 6.37. The molecular weight excluding hydrogens is 356 g/mol. The van der Waals surface area contributed by atoms with E-state index >= 15 is 0 Å². The Hall–Kier alpha value is -1.72. The molecule has 0 heterocycles. The van der Waals surface area contributed by atoms with Crippen LogP contribution in [0.25, 0.3) is 0 Å². The Kier molecular flexibility index (Phi) is 4.75. The van der Waals surface area contributed by atoms with E-state index in [-0.39, 0.29) is 0 Å². The van der Waals surface area contributed by atoms with E-state index in [2.05, 4.69) is 21.2 Å². The maximum absolute atomic E-state index is 11.7. The zero-order valence-corrected chi connectivity index (χ0v) is 13.9. The largest absolute Gasteiger partial charge is 0.465 e. The van der Waals surface area contributed by atoms with Crippen molar-refractivity contribution < 1.29 is 9.53 Å². The molecule has 6 heteroatoms. The minimum Gasteiger partial charge on any atom is -0.465 e. The Bertz CT molecular complexity index is 704. The number of methoxy groups -OCH3 is 1. The quantitative estimate of drug-likeness (QED) is 0.616. The number of esters is 1. The number of rotatable bonds is 3. The van der Waals surface area contributed by atoms with Gasteiger partial charge in [-0.25, -0.2) is 4.79 Å². The number of nitrogens with one attached hydrogen (secondary N) is 1. The fraction of sp³-hybridized carbons (Fsp3) is 0.133. The first-order valence-corrected chi connectivity index (χ1v) is 7.30. The summed E-state index contributed by atoms with van der Waals surface area (Å²) in [7, 11) is 1.33.